The summed E-state index contributed by atoms with van der Waals surface area (Å²) >= 11 is 6.51. The van der Waals surface area contributed by atoms with Gasteiger partial charge in [0.25, 0.3) is 0 Å². The van der Waals surface area contributed by atoms with Gasteiger partial charge < -0.3 is 10.2 Å². The Balaban J connectivity index is 1.66. The molecule has 0 bridgehead atoms. The summed E-state index contributed by atoms with van der Waals surface area (Å²) in [7, 11) is 0. The van der Waals surface area contributed by atoms with Crippen molar-refractivity contribution in [3.8, 4) is 0 Å². The minimum atomic E-state index is 0.751. The second-order valence-corrected chi connectivity index (χ2v) is 6.87. The zero-order valence-corrected chi connectivity index (χ0v) is 13.1. The van der Waals surface area contributed by atoms with Gasteiger partial charge in [-0.05, 0) is 55.7 Å². The van der Waals surface area contributed by atoms with Crippen LogP contribution in [0.3, 0.4) is 0 Å². The monoisotopic (exact) mass is 292 g/mol. The quantitative estimate of drug-likeness (QED) is 0.894. The highest BCUT2D eigenvalue weighted by atomic mass is 35.5. The first-order chi connectivity index (χ1) is 9.72. The van der Waals surface area contributed by atoms with Crippen molar-refractivity contribution < 1.29 is 0 Å². The molecule has 0 radical (unpaired) electrons. The second kappa shape index (κ2) is 6.36. The Morgan fingerprint density at radius 2 is 2.05 bits per heavy atom. The van der Waals surface area contributed by atoms with Gasteiger partial charge in [0.05, 0.1) is 10.7 Å². The molecule has 1 saturated carbocycles. The van der Waals surface area contributed by atoms with Crippen molar-refractivity contribution in [3.63, 3.8) is 0 Å². The summed E-state index contributed by atoms with van der Waals surface area (Å²) in [5.74, 6) is 0.848. The molecule has 1 aromatic rings. The van der Waals surface area contributed by atoms with E-state index in [-0.39, 0.29) is 0 Å². The van der Waals surface area contributed by atoms with Gasteiger partial charge >= 0.3 is 0 Å². The van der Waals surface area contributed by atoms with E-state index in [0.29, 0.717) is 0 Å². The van der Waals surface area contributed by atoms with Crippen molar-refractivity contribution in [2.24, 2.45) is 5.92 Å². The average molecular weight is 293 g/mol. The Bertz CT molecular complexity index is 456. The smallest absolute Gasteiger partial charge is 0.0642 e. The van der Waals surface area contributed by atoms with Crippen LogP contribution in [0.15, 0.2) is 18.2 Å². The molecule has 3 rings (SSSR count). The summed E-state index contributed by atoms with van der Waals surface area (Å²) in [6.07, 6.45) is 6.57. The SMILES string of the molecule is CC1CCCN(c2ccc(CNC3CC3)cc2Cl)CC1. The summed E-state index contributed by atoms with van der Waals surface area (Å²) in [6.45, 7) is 5.59. The Kier molecular flexibility index (Phi) is 4.52. The first-order valence-electron chi connectivity index (χ1n) is 7.99. The zero-order chi connectivity index (χ0) is 13.9. The van der Waals surface area contributed by atoms with Crippen LogP contribution >= 0.6 is 11.6 Å². The van der Waals surface area contributed by atoms with Crippen LogP contribution in [0.5, 0.6) is 0 Å². The molecule has 2 nitrogen and oxygen atoms in total. The van der Waals surface area contributed by atoms with Crippen molar-refractivity contribution in [1.82, 2.24) is 5.32 Å². The van der Waals surface area contributed by atoms with Crippen molar-refractivity contribution in [2.75, 3.05) is 18.0 Å². The van der Waals surface area contributed by atoms with E-state index in [1.807, 2.05) is 0 Å². The Labute approximate surface area is 127 Å². The minimum Gasteiger partial charge on any atom is -0.370 e. The lowest BCUT2D eigenvalue weighted by atomic mass is 10.0. The number of anilines is 1. The van der Waals surface area contributed by atoms with E-state index < -0.39 is 0 Å². The highest BCUT2D eigenvalue weighted by molar-refractivity contribution is 6.33. The topological polar surface area (TPSA) is 15.3 Å². The Hall–Kier alpha value is -0.730. The lowest BCUT2D eigenvalue weighted by molar-refractivity contribution is 0.521. The summed E-state index contributed by atoms with van der Waals surface area (Å²) in [5, 5.41) is 4.45. The number of hydrogen-bond donors (Lipinski definition) is 1. The van der Waals surface area contributed by atoms with E-state index in [1.165, 1.54) is 43.4 Å². The maximum absolute atomic E-state index is 6.51. The van der Waals surface area contributed by atoms with Crippen LogP contribution < -0.4 is 10.2 Å². The fourth-order valence-corrected chi connectivity index (χ4v) is 3.29. The van der Waals surface area contributed by atoms with E-state index in [2.05, 4.69) is 35.3 Å². The van der Waals surface area contributed by atoms with E-state index in [0.717, 1.165) is 36.6 Å². The van der Waals surface area contributed by atoms with E-state index in [9.17, 15) is 0 Å². The fourth-order valence-electron chi connectivity index (χ4n) is 2.97. The van der Waals surface area contributed by atoms with E-state index in [4.69, 9.17) is 11.6 Å². The van der Waals surface area contributed by atoms with Gasteiger partial charge in [-0.25, -0.2) is 0 Å². The molecule has 20 heavy (non-hydrogen) atoms. The van der Waals surface area contributed by atoms with Crippen molar-refractivity contribution >= 4 is 17.3 Å². The molecule has 2 fully saturated rings. The highest BCUT2D eigenvalue weighted by Crippen LogP contribution is 2.30. The number of nitrogens with zero attached hydrogens (tertiary/aromatic N) is 1. The number of nitrogens with one attached hydrogen (secondary N) is 1. The minimum absolute atomic E-state index is 0.751. The van der Waals surface area contributed by atoms with Crippen LogP contribution in [-0.4, -0.2) is 19.1 Å². The predicted molar refractivity (Wildman–Crippen MR) is 86.5 cm³/mol. The first kappa shape index (κ1) is 14.2. The van der Waals surface area contributed by atoms with Crippen molar-refractivity contribution in [1.29, 1.82) is 0 Å². The first-order valence-corrected chi connectivity index (χ1v) is 8.37. The fraction of sp³-hybridized carbons (Fsp3) is 0.647. The molecule has 1 saturated heterocycles. The molecule has 1 aliphatic heterocycles. The van der Waals surface area contributed by atoms with Gasteiger partial charge in [0.2, 0.25) is 0 Å². The highest BCUT2D eigenvalue weighted by Gasteiger charge is 2.20. The largest absolute Gasteiger partial charge is 0.370 e. The molecule has 2 aliphatic rings. The molecule has 1 unspecified atom stereocenters. The molecule has 1 aliphatic carbocycles. The average Bonchev–Trinajstić information content (AvgIpc) is 3.25. The lowest BCUT2D eigenvalue weighted by Crippen LogP contribution is -2.24. The third-order valence-electron chi connectivity index (χ3n) is 4.54. The molecular formula is C17H25ClN2. The molecule has 1 N–H and O–H groups in total. The molecule has 0 aromatic heterocycles. The molecule has 3 heteroatoms. The lowest BCUT2D eigenvalue weighted by Gasteiger charge is -2.24. The molecule has 0 amide bonds. The normalized spacial score (nSPS) is 23.7. The van der Waals surface area contributed by atoms with Gasteiger partial charge in [-0.3, -0.25) is 0 Å². The van der Waals surface area contributed by atoms with Crippen LogP contribution in [0.1, 0.15) is 44.6 Å². The molecule has 110 valence electrons. The van der Waals surface area contributed by atoms with Crippen LogP contribution in [0.25, 0.3) is 0 Å². The van der Waals surface area contributed by atoms with Gasteiger partial charge in [-0.2, -0.15) is 0 Å². The number of halogens is 1. The van der Waals surface area contributed by atoms with Gasteiger partial charge in [0.15, 0.2) is 0 Å². The van der Waals surface area contributed by atoms with Gasteiger partial charge in [-0.1, -0.05) is 24.6 Å². The van der Waals surface area contributed by atoms with Crippen LogP contribution in [0, 0.1) is 5.92 Å². The number of benzene rings is 1. The Morgan fingerprint density at radius 1 is 1.20 bits per heavy atom. The third-order valence-corrected chi connectivity index (χ3v) is 4.84. The summed E-state index contributed by atoms with van der Waals surface area (Å²) in [4.78, 5) is 2.46. The zero-order valence-electron chi connectivity index (χ0n) is 12.4. The van der Waals surface area contributed by atoms with Gasteiger partial charge in [-0.15, -0.1) is 0 Å². The van der Waals surface area contributed by atoms with Gasteiger partial charge in [0.1, 0.15) is 0 Å². The molecule has 1 heterocycles. The summed E-state index contributed by atoms with van der Waals surface area (Å²) < 4.78 is 0. The standard InChI is InChI=1S/C17H25ClN2/c1-13-3-2-9-20(10-8-13)17-7-4-14(11-16(17)18)12-19-15-5-6-15/h4,7,11,13,15,19H,2-3,5-6,8-10,12H2,1H3. The molecular weight excluding hydrogens is 268 g/mol. The van der Waals surface area contributed by atoms with Crippen LogP contribution in [-0.2, 0) is 6.54 Å². The molecule has 0 spiro atoms. The van der Waals surface area contributed by atoms with Crippen LogP contribution in [0.2, 0.25) is 5.02 Å². The summed E-state index contributed by atoms with van der Waals surface area (Å²) in [5.41, 5.74) is 2.52. The van der Waals surface area contributed by atoms with Crippen molar-refractivity contribution in [2.45, 2.75) is 51.6 Å². The van der Waals surface area contributed by atoms with Gasteiger partial charge in [0, 0.05) is 25.7 Å². The third kappa shape index (κ3) is 3.67. The number of rotatable bonds is 4. The molecule has 1 atom stereocenters. The maximum atomic E-state index is 6.51. The number of hydrogen-bond acceptors (Lipinski definition) is 2. The second-order valence-electron chi connectivity index (χ2n) is 6.46. The van der Waals surface area contributed by atoms with E-state index in [1.54, 1.807) is 0 Å². The maximum Gasteiger partial charge on any atom is 0.0642 e. The van der Waals surface area contributed by atoms with E-state index >= 15 is 0 Å². The van der Waals surface area contributed by atoms with Crippen molar-refractivity contribution in [3.05, 3.63) is 28.8 Å². The van der Waals surface area contributed by atoms with Crippen LogP contribution in [0.4, 0.5) is 5.69 Å². The predicted octanol–water partition coefficient (Wildman–Crippen LogP) is 4.22. The summed E-state index contributed by atoms with van der Waals surface area (Å²) in [6, 6.07) is 7.33. The molecule has 1 aromatic carbocycles. The Morgan fingerprint density at radius 3 is 2.80 bits per heavy atom.